The van der Waals surface area contributed by atoms with Gasteiger partial charge in [0, 0.05) is 5.56 Å². The monoisotopic (exact) mass is 491 g/mol. The van der Waals surface area contributed by atoms with Gasteiger partial charge < -0.3 is 23.2 Å². The van der Waals surface area contributed by atoms with E-state index in [-0.39, 0.29) is 30.7 Å². The molecule has 7 heteroatoms. The first-order valence-electron chi connectivity index (χ1n) is 11.9. The first-order valence-corrected chi connectivity index (χ1v) is 13.3. The maximum atomic E-state index is 12.1. The fourth-order valence-corrected chi connectivity index (χ4v) is 5.01. The van der Waals surface area contributed by atoms with Crippen molar-refractivity contribution in [1.29, 1.82) is 0 Å². The third kappa shape index (κ3) is 10.7. The minimum atomic E-state index is -4.37. The highest BCUT2D eigenvalue weighted by molar-refractivity contribution is 7.45. The van der Waals surface area contributed by atoms with Crippen LogP contribution in [0.3, 0.4) is 0 Å². The standard InChI is InChI=1S/C27H42NO5P/c1-26(2,3)22-27(4,5)24-13-15-25(16-14-24)31-19-20-33-34(29,30)32-18-17-28(6,7)21-23-11-9-8-10-12-23/h8-16H,17-22H2,1-7H3. The highest BCUT2D eigenvalue weighted by Gasteiger charge is 2.27. The van der Waals surface area contributed by atoms with Crippen LogP contribution in [0.15, 0.2) is 54.6 Å². The van der Waals surface area contributed by atoms with Gasteiger partial charge in [-0.15, -0.1) is 0 Å². The summed E-state index contributed by atoms with van der Waals surface area (Å²) < 4.78 is 28.4. The summed E-state index contributed by atoms with van der Waals surface area (Å²) >= 11 is 0. The SMILES string of the molecule is CC(C)(C)CC(C)(C)c1ccc(OCCOP(=O)([O-])OCC[N+](C)(C)Cc2ccccc2)cc1. The molecule has 0 spiro atoms. The molecule has 2 aromatic carbocycles. The fraction of sp³-hybridized carbons (Fsp3) is 0.556. The summed E-state index contributed by atoms with van der Waals surface area (Å²) in [6.07, 6.45) is 1.06. The van der Waals surface area contributed by atoms with Crippen molar-refractivity contribution in [2.24, 2.45) is 5.41 Å². The summed E-state index contributed by atoms with van der Waals surface area (Å²) in [6.45, 7) is 12.6. The van der Waals surface area contributed by atoms with Crippen molar-refractivity contribution in [3.63, 3.8) is 0 Å². The molecule has 0 heterocycles. The molecule has 0 N–H and O–H groups in total. The largest absolute Gasteiger partial charge is 0.756 e. The molecule has 1 atom stereocenters. The van der Waals surface area contributed by atoms with Crippen LogP contribution >= 0.6 is 7.82 Å². The average Bonchev–Trinajstić information content (AvgIpc) is 2.70. The average molecular weight is 492 g/mol. The second kappa shape index (κ2) is 11.8. The molecule has 2 rings (SSSR count). The number of hydrogen-bond acceptors (Lipinski definition) is 5. The third-order valence-electron chi connectivity index (χ3n) is 5.61. The Hall–Kier alpha value is -1.69. The van der Waals surface area contributed by atoms with E-state index in [1.165, 1.54) is 11.1 Å². The zero-order chi connectivity index (χ0) is 25.5. The Morgan fingerprint density at radius 3 is 2.03 bits per heavy atom. The second-order valence-electron chi connectivity index (χ2n) is 11.4. The van der Waals surface area contributed by atoms with E-state index in [0.717, 1.165) is 13.0 Å². The Balaban J connectivity index is 1.72. The molecule has 0 aliphatic rings. The first-order chi connectivity index (χ1) is 15.7. The predicted octanol–water partition coefficient (Wildman–Crippen LogP) is 5.56. The van der Waals surface area contributed by atoms with Crippen molar-refractivity contribution in [2.45, 2.75) is 53.0 Å². The van der Waals surface area contributed by atoms with E-state index in [2.05, 4.69) is 58.9 Å². The maximum absolute atomic E-state index is 12.1. The zero-order valence-corrected chi connectivity index (χ0v) is 22.8. The highest BCUT2D eigenvalue weighted by Crippen LogP contribution is 2.38. The summed E-state index contributed by atoms with van der Waals surface area (Å²) in [7, 11) is -0.296. The normalized spacial score (nSPS) is 14.6. The molecule has 0 aromatic heterocycles. The molecule has 0 saturated carbocycles. The number of nitrogens with zero attached hydrogens (tertiary/aromatic N) is 1. The quantitative estimate of drug-likeness (QED) is 0.209. The van der Waals surface area contributed by atoms with Crippen LogP contribution in [0.4, 0.5) is 0 Å². The first kappa shape index (κ1) is 28.5. The van der Waals surface area contributed by atoms with Crippen molar-refractivity contribution in [2.75, 3.05) is 40.5 Å². The summed E-state index contributed by atoms with van der Waals surface area (Å²) in [5.41, 5.74) is 2.73. The van der Waals surface area contributed by atoms with Crippen LogP contribution in [0.2, 0.25) is 0 Å². The molecule has 0 radical (unpaired) electrons. The van der Waals surface area contributed by atoms with Crippen molar-refractivity contribution in [3.8, 4) is 5.75 Å². The van der Waals surface area contributed by atoms with Gasteiger partial charge in [-0.25, -0.2) is 0 Å². The number of quaternary nitrogens is 1. The fourth-order valence-electron chi connectivity index (χ4n) is 4.33. The van der Waals surface area contributed by atoms with Crippen LogP contribution in [-0.2, 0) is 25.6 Å². The summed E-state index contributed by atoms with van der Waals surface area (Å²) in [6, 6.07) is 18.1. The van der Waals surface area contributed by atoms with E-state index in [1.807, 2.05) is 44.4 Å². The molecule has 0 fully saturated rings. The van der Waals surface area contributed by atoms with Crippen LogP contribution in [0.25, 0.3) is 0 Å². The topological polar surface area (TPSA) is 67.8 Å². The third-order valence-corrected chi connectivity index (χ3v) is 6.61. The lowest BCUT2D eigenvalue weighted by Crippen LogP contribution is -2.41. The second-order valence-corrected chi connectivity index (χ2v) is 12.8. The molecule has 190 valence electrons. The van der Waals surface area contributed by atoms with Crippen molar-refractivity contribution in [3.05, 3.63) is 65.7 Å². The lowest BCUT2D eigenvalue weighted by Gasteiger charge is -2.33. The van der Waals surface area contributed by atoms with Crippen LogP contribution in [0.1, 0.15) is 52.2 Å². The number of rotatable bonds is 13. The van der Waals surface area contributed by atoms with Gasteiger partial charge in [-0.1, -0.05) is 77.1 Å². The van der Waals surface area contributed by atoms with E-state index in [9.17, 15) is 9.46 Å². The molecule has 0 aliphatic carbocycles. The van der Waals surface area contributed by atoms with Crippen molar-refractivity contribution >= 4 is 7.82 Å². The summed E-state index contributed by atoms with van der Waals surface area (Å²) in [5.74, 6) is 0.681. The smallest absolute Gasteiger partial charge is 0.268 e. The van der Waals surface area contributed by atoms with Gasteiger partial charge in [0.05, 0.1) is 20.7 Å². The van der Waals surface area contributed by atoms with E-state index >= 15 is 0 Å². The molecule has 0 amide bonds. The predicted molar refractivity (Wildman–Crippen MR) is 136 cm³/mol. The highest BCUT2D eigenvalue weighted by atomic mass is 31.2. The Kier molecular flexibility index (Phi) is 9.93. The van der Waals surface area contributed by atoms with E-state index in [4.69, 9.17) is 13.8 Å². The van der Waals surface area contributed by atoms with Gasteiger partial charge in [0.15, 0.2) is 0 Å². The van der Waals surface area contributed by atoms with E-state index in [1.54, 1.807) is 0 Å². The molecule has 34 heavy (non-hydrogen) atoms. The van der Waals surface area contributed by atoms with Gasteiger partial charge in [0.25, 0.3) is 7.82 Å². The maximum Gasteiger partial charge on any atom is 0.268 e. The minimum absolute atomic E-state index is 0.0564. The Morgan fingerprint density at radius 1 is 0.853 bits per heavy atom. The van der Waals surface area contributed by atoms with Crippen LogP contribution in [-0.4, -0.2) is 44.9 Å². The van der Waals surface area contributed by atoms with Gasteiger partial charge in [-0.2, -0.15) is 0 Å². The zero-order valence-electron chi connectivity index (χ0n) is 21.9. The molecule has 0 bridgehead atoms. The Morgan fingerprint density at radius 2 is 1.44 bits per heavy atom. The number of benzene rings is 2. The molecule has 1 unspecified atom stereocenters. The Labute approximate surface area is 206 Å². The lowest BCUT2D eigenvalue weighted by atomic mass is 9.72. The number of phosphoric ester groups is 1. The number of hydrogen-bond donors (Lipinski definition) is 0. The molecular weight excluding hydrogens is 449 g/mol. The Bertz CT molecular complexity index is 920. The number of phosphoric acid groups is 1. The summed E-state index contributed by atoms with van der Waals surface area (Å²) in [4.78, 5) is 12.1. The number of ether oxygens (including phenoxy) is 1. The molecule has 6 nitrogen and oxygen atoms in total. The van der Waals surface area contributed by atoms with Gasteiger partial charge >= 0.3 is 0 Å². The molecule has 0 saturated heterocycles. The van der Waals surface area contributed by atoms with Crippen LogP contribution in [0, 0.1) is 5.41 Å². The molecular formula is C27H42NO5P. The van der Waals surface area contributed by atoms with Gasteiger partial charge in [0.1, 0.15) is 32.1 Å². The van der Waals surface area contributed by atoms with Gasteiger partial charge in [-0.3, -0.25) is 4.57 Å². The van der Waals surface area contributed by atoms with Crippen molar-refractivity contribution in [1.82, 2.24) is 0 Å². The van der Waals surface area contributed by atoms with E-state index < -0.39 is 7.82 Å². The van der Waals surface area contributed by atoms with E-state index in [0.29, 0.717) is 16.8 Å². The minimum Gasteiger partial charge on any atom is -0.756 e. The molecule has 0 aliphatic heterocycles. The lowest BCUT2D eigenvalue weighted by molar-refractivity contribution is -0.903. The van der Waals surface area contributed by atoms with Gasteiger partial charge in [-0.05, 0) is 34.9 Å². The van der Waals surface area contributed by atoms with Crippen LogP contribution in [0.5, 0.6) is 5.75 Å². The van der Waals surface area contributed by atoms with Crippen LogP contribution < -0.4 is 9.63 Å². The number of likely N-dealkylation sites (N-methyl/N-ethyl adjacent to an activating group) is 1. The van der Waals surface area contributed by atoms with Gasteiger partial charge in [0.2, 0.25) is 0 Å². The molecule has 2 aromatic rings. The van der Waals surface area contributed by atoms with Crippen molar-refractivity contribution < 1.29 is 27.7 Å². The summed E-state index contributed by atoms with van der Waals surface area (Å²) in [5, 5.41) is 0.